The summed E-state index contributed by atoms with van der Waals surface area (Å²) >= 11 is 5.87. The minimum absolute atomic E-state index is 0.0191. The zero-order chi connectivity index (χ0) is 15.1. The second-order valence-electron chi connectivity index (χ2n) is 5.31. The minimum atomic E-state index is -0.404. The highest BCUT2D eigenvalue weighted by Gasteiger charge is 2.20. The van der Waals surface area contributed by atoms with E-state index in [1.54, 1.807) is 19.2 Å². The topological polar surface area (TPSA) is 38.5 Å². The van der Waals surface area contributed by atoms with Crippen LogP contribution in [-0.2, 0) is 4.74 Å². The maximum Gasteiger partial charge on any atom is 0.141 e. The molecule has 0 aliphatic heterocycles. The monoisotopic (exact) mass is 302 g/mol. The fourth-order valence-corrected chi connectivity index (χ4v) is 2.46. The van der Waals surface area contributed by atoms with Gasteiger partial charge in [-0.2, -0.15) is 0 Å². The molecule has 1 atom stereocenters. The fraction of sp³-hybridized carbons (Fsp3) is 0.600. The highest BCUT2D eigenvalue weighted by molar-refractivity contribution is 6.30. The number of methoxy groups -OCH3 is 1. The highest BCUT2D eigenvalue weighted by atomic mass is 35.5. The van der Waals surface area contributed by atoms with Crippen LogP contribution in [0.3, 0.4) is 0 Å². The highest BCUT2D eigenvalue weighted by Crippen LogP contribution is 2.25. The van der Waals surface area contributed by atoms with Crippen molar-refractivity contribution in [2.45, 2.75) is 19.9 Å². The standard InChI is InChI=1S/C15H24ClFN2O/c1-11(2)10-19(6-7-20-3)15(9-18)12-4-5-14(17)13(16)8-12/h4-5,8,11,15H,6-7,9-10,18H2,1-3H3. The Morgan fingerprint density at radius 1 is 1.40 bits per heavy atom. The number of ether oxygens (including phenoxy) is 1. The second-order valence-corrected chi connectivity index (χ2v) is 5.71. The lowest BCUT2D eigenvalue weighted by Gasteiger charge is -2.32. The molecule has 3 nitrogen and oxygen atoms in total. The Morgan fingerprint density at radius 3 is 2.60 bits per heavy atom. The lowest BCUT2D eigenvalue weighted by Crippen LogP contribution is -2.38. The summed E-state index contributed by atoms with van der Waals surface area (Å²) in [5.74, 6) is 0.107. The van der Waals surface area contributed by atoms with Gasteiger partial charge in [0.1, 0.15) is 5.82 Å². The number of hydrogen-bond donors (Lipinski definition) is 1. The van der Waals surface area contributed by atoms with E-state index in [0.29, 0.717) is 19.1 Å². The van der Waals surface area contributed by atoms with Gasteiger partial charge in [-0.05, 0) is 23.6 Å². The van der Waals surface area contributed by atoms with Crippen molar-refractivity contribution in [2.24, 2.45) is 11.7 Å². The molecule has 0 spiro atoms. The normalized spacial score (nSPS) is 13.2. The summed E-state index contributed by atoms with van der Waals surface area (Å²) in [4.78, 5) is 2.26. The third-order valence-corrected chi connectivity index (χ3v) is 3.46. The van der Waals surface area contributed by atoms with Crippen LogP contribution in [0.15, 0.2) is 18.2 Å². The predicted molar refractivity (Wildman–Crippen MR) is 81.5 cm³/mol. The Balaban J connectivity index is 2.94. The summed E-state index contributed by atoms with van der Waals surface area (Å²) in [6.07, 6.45) is 0. The van der Waals surface area contributed by atoms with Gasteiger partial charge in [-0.3, -0.25) is 4.90 Å². The Labute approximate surface area is 125 Å². The molecule has 0 aliphatic rings. The SMILES string of the molecule is COCCN(CC(C)C)C(CN)c1ccc(F)c(Cl)c1. The third-order valence-electron chi connectivity index (χ3n) is 3.17. The van der Waals surface area contributed by atoms with E-state index in [1.165, 1.54) is 6.07 Å². The van der Waals surface area contributed by atoms with Gasteiger partial charge in [-0.25, -0.2) is 4.39 Å². The first-order chi connectivity index (χ1) is 9.49. The smallest absolute Gasteiger partial charge is 0.141 e. The zero-order valence-corrected chi connectivity index (χ0v) is 13.2. The molecule has 1 unspecified atom stereocenters. The van der Waals surface area contributed by atoms with E-state index in [9.17, 15) is 4.39 Å². The lowest BCUT2D eigenvalue weighted by molar-refractivity contribution is 0.112. The maximum absolute atomic E-state index is 13.3. The molecule has 0 aromatic heterocycles. The maximum atomic E-state index is 13.3. The first kappa shape index (κ1) is 17.4. The summed E-state index contributed by atoms with van der Waals surface area (Å²) in [6.45, 7) is 7.10. The molecular formula is C15H24ClFN2O. The summed E-state index contributed by atoms with van der Waals surface area (Å²) in [6, 6.07) is 4.82. The van der Waals surface area contributed by atoms with Crippen LogP contribution in [0.1, 0.15) is 25.5 Å². The Morgan fingerprint density at radius 2 is 2.10 bits per heavy atom. The van der Waals surface area contributed by atoms with Crippen LogP contribution in [0.25, 0.3) is 0 Å². The van der Waals surface area contributed by atoms with Crippen LogP contribution in [0.5, 0.6) is 0 Å². The van der Waals surface area contributed by atoms with E-state index in [1.807, 2.05) is 0 Å². The molecule has 0 heterocycles. The van der Waals surface area contributed by atoms with Crippen molar-refractivity contribution in [1.29, 1.82) is 0 Å². The van der Waals surface area contributed by atoms with E-state index in [4.69, 9.17) is 22.1 Å². The molecule has 20 heavy (non-hydrogen) atoms. The van der Waals surface area contributed by atoms with Crippen molar-refractivity contribution in [3.63, 3.8) is 0 Å². The third kappa shape index (κ3) is 5.02. The zero-order valence-electron chi connectivity index (χ0n) is 12.4. The van der Waals surface area contributed by atoms with Crippen molar-refractivity contribution in [3.8, 4) is 0 Å². The predicted octanol–water partition coefficient (Wildman–Crippen LogP) is 3.08. The van der Waals surface area contributed by atoms with Crippen LogP contribution in [0.2, 0.25) is 5.02 Å². The van der Waals surface area contributed by atoms with Crippen molar-refractivity contribution in [2.75, 3.05) is 33.4 Å². The molecule has 0 fully saturated rings. The van der Waals surface area contributed by atoms with Crippen molar-refractivity contribution < 1.29 is 9.13 Å². The second kappa shape index (κ2) is 8.57. The quantitative estimate of drug-likeness (QED) is 0.802. The van der Waals surface area contributed by atoms with Gasteiger partial charge >= 0.3 is 0 Å². The van der Waals surface area contributed by atoms with E-state index < -0.39 is 5.82 Å². The number of halogens is 2. The van der Waals surface area contributed by atoms with Crippen LogP contribution >= 0.6 is 11.6 Å². The lowest BCUT2D eigenvalue weighted by atomic mass is 10.0. The molecule has 2 N–H and O–H groups in total. The Bertz CT molecular complexity index is 415. The van der Waals surface area contributed by atoms with E-state index in [-0.39, 0.29) is 11.1 Å². The van der Waals surface area contributed by atoms with Gasteiger partial charge < -0.3 is 10.5 Å². The van der Waals surface area contributed by atoms with Crippen LogP contribution in [0.4, 0.5) is 4.39 Å². The van der Waals surface area contributed by atoms with E-state index >= 15 is 0 Å². The molecule has 1 aromatic carbocycles. The molecule has 114 valence electrons. The number of rotatable bonds is 8. The molecule has 1 rings (SSSR count). The molecule has 0 aliphatic carbocycles. The van der Waals surface area contributed by atoms with Gasteiger partial charge in [0, 0.05) is 32.8 Å². The average molecular weight is 303 g/mol. The average Bonchev–Trinajstić information content (AvgIpc) is 2.40. The number of nitrogens with zero attached hydrogens (tertiary/aromatic N) is 1. The van der Waals surface area contributed by atoms with Crippen LogP contribution in [-0.4, -0.2) is 38.3 Å². The van der Waals surface area contributed by atoms with E-state index in [0.717, 1.165) is 18.7 Å². The minimum Gasteiger partial charge on any atom is -0.383 e. The van der Waals surface area contributed by atoms with Crippen molar-refractivity contribution in [1.82, 2.24) is 4.90 Å². The summed E-state index contributed by atoms with van der Waals surface area (Å²) in [5, 5.41) is 0.136. The molecule has 0 saturated heterocycles. The first-order valence-corrected chi connectivity index (χ1v) is 7.25. The van der Waals surface area contributed by atoms with Gasteiger partial charge in [0.2, 0.25) is 0 Å². The summed E-state index contributed by atoms with van der Waals surface area (Å²) < 4.78 is 18.4. The largest absolute Gasteiger partial charge is 0.383 e. The molecular weight excluding hydrogens is 279 g/mol. The summed E-state index contributed by atoms with van der Waals surface area (Å²) in [5.41, 5.74) is 6.86. The Kier molecular flexibility index (Phi) is 7.45. The van der Waals surface area contributed by atoms with Gasteiger partial charge in [0.15, 0.2) is 0 Å². The van der Waals surface area contributed by atoms with E-state index in [2.05, 4.69) is 18.7 Å². The van der Waals surface area contributed by atoms with Gasteiger partial charge in [0.25, 0.3) is 0 Å². The molecule has 0 saturated carbocycles. The van der Waals surface area contributed by atoms with Gasteiger partial charge in [-0.1, -0.05) is 31.5 Å². The van der Waals surface area contributed by atoms with Crippen LogP contribution < -0.4 is 5.73 Å². The molecule has 5 heteroatoms. The number of benzene rings is 1. The number of hydrogen-bond acceptors (Lipinski definition) is 3. The molecule has 0 bridgehead atoms. The molecule has 0 amide bonds. The first-order valence-electron chi connectivity index (χ1n) is 6.87. The summed E-state index contributed by atoms with van der Waals surface area (Å²) in [7, 11) is 1.68. The van der Waals surface area contributed by atoms with Crippen molar-refractivity contribution >= 4 is 11.6 Å². The number of nitrogens with two attached hydrogens (primary N) is 1. The molecule has 0 radical (unpaired) electrons. The van der Waals surface area contributed by atoms with Gasteiger partial charge in [0.05, 0.1) is 11.6 Å². The van der Waals surface area contributed by atoms with Crippen molar-refractivity contribution in [3.05, 3.63) is 34.6 Å². The van der Waals surface area contributed by atoms with Crippen LogP contribution in [0, 0.1) is 11.7 Å². The fourth-order valence-electron chi connectivity index (χ4n) is 2.27. The molecule has 1 aromatic rings. The van der Waals surface area contributed by atoms with Gasteiger partial charge in [-0.15, -0.1) is 0 Å². The Hall–Kier alpha value is -0.680.